The first-order valence-electron chi connectivity index (χ1n) is 9.31. The Morgan fingerprint density at radius 3 is 2.24 bits per heavy atom. The molecule has 0 heterocycles. The van der Waals surface area contributed by atoms with Crippen molar-refractivity contribution in [3.63, 3.8) is 0 Å². The molecule has 0 bridgehead atoms. The number of nitrogens with zero attached hydrogens (tertiary/aromatic N) is 1. The highest BCUT2D eigenvalue weighted by atomic mass is 35.5. The van der Waals surface area contributed by atoms with Crippen LogP contribution >= 0.6 is 11.6 Å². The topological polar surface area (TPSA) is 84.9 Å². The molecule has 0 saturated heterocycles. The number of esters is 2. The van der Waals surface area contributed by atoms with Crippen molar-refractivity contribution in [2.45, 2.75) is 46.6 Å². The monoisotopic (exact) mass is 426 g/mol. The quantitative estimate of drug-likeness (QED) is 0.295. The Balaban J connectivity index is 2.59. The van der Waals surface area contributed by atoms with Gasteiger partial charge in [0.2, 0.25) is 5.91 Å². The van der Waals surface area contributed by atoms with Crippen LogP contribution < -0.4 is 10.2 Å². The third kappa shape index (κ3) is 5.47. The van der Waals surface area contributed by atoms with Crippen molar-refractivity contribution in [3.8, 4) is 0 Å². The lowest BCUT2D eigenvalue weighted by atomic mass is 10.1. The lowest BCUT2D eigenvalue weighted by Gasteiger charge is -2.25. The zero-order valence-corrected chi connectivity index (χ0v) is 17.6. The Morgan fingerprint density at radius 1 is 1.24 bits per heavy atom. The molecule has 9 heteroatoms. The standard InChI is InChI=1S/C20H24ClFN2O5/c1-5-28-19(26)14(20(27)29-6-2)10-24(13-7-8-13)16-9-15(23-12(4)25)18(22)17(21)11(16)3/h9-10,13H,5-8H2,1-4H3,(H,23,25). The first-order valence-corrected chi connectivity index (χ1v) is 9.69. The van der Waals surface area contributed by atoms with Crippen LogP contribution in [0.15, 0.2) is 17.8 Å². The van der Waals surface area contributed by atoms with Gasteiger partial charge in [-0.15, -0.1) is 0 Å². The Labute approximate surface area is 173 Å². The van der Waals surface area contributed by atoms with Crippen LogP contribution in [-0.4, -0.2) is 37.1 Å². The Morgan fingerprint density at radius 2 is 1.79 bits per heavy atom. The van der Waals surface area contributed by atoms with E-state index < -0.39 is 23.7 Å². The fraction of sp³-hybridized carbons (Fsp3) is 0.450. The van der Waals surface area contributed by atoms with Gasteiger partial charge in [0.05, 0.1) is 23.9 Å². The number of halogens is 2. The normalized spacial score (nSPS) is 12.8. The van der Waals surface area contributed by atoms with E-state index in [-0.39, 0.29) is 35.5 Å². The number of ether oxygens (including phenoxy) is 2. The number of hydrogen-bond acceptors (Lipinski definition) is 6. The maximum atomic E-state index is 14.5. The second-order valence-corrected chi connectivity index (χ2v) is 6.88. The number of carbonyl (C=O) groups is 3. The molecule has 1 aliphatic rings. The number of carbonyl (C=O) groups excluding carboxylic acids is 3. The molecule has 1 amide bonds. The molecule has 2 rings (SSSR count). The third-order valence-electron chi connectivity index (χ3n) is 4.21. The van der Waals surface area contributed by atoms with Crippen molar-refractivity contribution < 1.29 is 28.2 Å². The molecule has 0 spiro atoms. The van der Waals surface area contributed by atoms with E-state index in [4.69, 9.17) is 21.1 Å². The third-order valence-corrected chi connectivity index (χ3v) is 4.66. The SMILES string of the molecule is CCOC(=O)C(=CN(c1cc(NC(C)=O)c(F)c(Cl)c1C)C1CC1)C(=O)OCC. The van der Waals surface area contributed by atoms with Gasteiger partial charge in [0, 0.05) is 24.9 Å². The van der Waals surface area contributed by atoms with Crippen LogP contribution in [0.3, 0.4) is 0 Å². The molecule has 0 aromatic heterocycles. The highest BCUT2D eigenvalue weighted by Crippen LogP contribution is 2.40. The Bertz CT molecular complexity index is 832. The molecule has 1 aromatic rings. The summed E-state index contributed by atoms with van der Waals surface area (Å²) < 4.78 is 24.4. The van der Waals surface area contributed by atoms with Crippen LogP contribution in [0.25, 0.3) is 0 Å². The summed E-state index contributed by atoms with van der Waals surface area (Å²) in [6.07, 6.45) is 2.96. The highest BCUT2D eigenvalue weighted by Gasteiger charge is 2.33. The van der Waals surface area contributed by atoms with Gasteiger partial charge in [-0.3, -0.25) is 4.79 Å². The summed E-state index contributed by atoms with van der Waals surface area (Å²) in [5.41, 5.74) is 0.514. The average Bonchev–Trinajstić information content (AvgIpc) is 3.48. The van der Waals surface area contributed by atoms with Crippen molar-refractivity contribution in [1.82, 2.24) is 0 Å². The largest absolute Gasteiger partial charge is 0.462 e. The minimum atomic E-state index is -0.815. The van der Waals surface area contributed by atoms with E-state index in [0.717, 1.165) is 12.8 Å². The predicted octanol–water partition coefficient (Wildman–Crippen LogP) is 3.72. The summed E-state index contributed by atoms with van der Waals surface area (Å²) in [5, 5.41) is 2.25. The summed E-state index contributed by atoms with van der Waals surface area (Å²) in [4.78, 5) is 37.7. The zero-order chi connectivity index (χ0) is 21.7. The number of anilines is 2. The molecule has 0 unspecified atom stereocenters. The van der Waals surface area contributed by atoms with Crippen LogP contribution in [-0.2, 0) is 23.9 Å². The molecule has 1 N–H and O–H groups in total. The summed E-state index contributed by atoms with van der Waals surface area (Å²) in [6, 6.07) is 1.42. The second-order valence-electron chi connectivity index (χ2n) is 6.50. The maximum Gasteiger partial charge on any atom is 0.347 e. The molecule has 1 saturated carbocycles. The summed E-state index contributed by atoms with van der Waals surface area (Å²) >= 11 is 6.14. The number of nitrogens with one attached hydrogen (secondary N) is 1. The highest BCUT2D eigenvalue weighted by molar-refractivity contribution is 6.32. The van der Waals surface area contributed by atoms with Gasteiger partial charge in [-0.25, -0.2) is 14.0 Å². The van der Waals surface area contributed by atoms with Crippen LogP contribution in [0.5, 0.6) is 0 Å². The second kappa shape index (κ2) is 9.73. The lowest BCUT2D eigenvalue weighted by molar-refractivity contribution is -0.146. The van der Waals surface area contributed by atoms with E-state index in [2.05, 4.69) is 5.32 Å². The molecule has 1 fully saturated rings. The number of hydrogen-bond donors (Lipinski definition) is 1. The van der Waals surface area contributed by atoms with Crippen LogP contribution in [0.2, 0.25) is 5.02 Å². The molecule has 158 valence electrons. The van der Waals surface area contributed by atoms with Gasteiger partial charge in [-0.1, -0.05) is 11.6 Å². The van der Waals surface area contributed by atoms with E-state index >= 15 is 0 Å². The molecule has 7 nitrogen and oxygen atoms in total. The van der Waals surface area contributed by atoms with Gasteiger partial charge in [-0.2, -0.15) is 0 Å². The molecule has 0 atom stereocenters. The minimum Gasteiger partial charge on any atom is -0.462 e. The summed E-state index contributed by atoms with van der Waals surface area (Å²) in [7, 11) is 0. The molecule has 1 aromatic carbocycles. The molecular weight excluding hydrogens is 403 g/mol. The van der Waals surface area contributed by atoms with E-state index in [0.29, 0.717) is 11.3 Å². The molecule has 0 aliphatic heterocycles. The van der Waals surface area contributed by atoms with E-state index in [1.54, 1.807) is 25.7 Å². The van der Waals surface area contributed by atoms with Gasteiger partial charge in [-0.05, 0) is 45.2 Å². The van der Waals surface area contributed by atoms with Gasteiger partial charge in [0.25, 0.3) is 0 Å². The first-order chi connectivity index (χ1) is 13.7. The first kappa shape index (κ1) is 22.7. The van der Waals surface area contributed by atoms with Gasteiger partial charge in [0.1, 0.15) is 0 Å². The van der Waals surface area contributed by atoms with Gasteiger partial charge < -0.3 is 19.7 Å². The fourth-order valence-electron chi connectivity index (χ4n) is 2.72. The van der Waals surface area contributed by atoms with Crippen LogP contribution in [0, 0.1) is 12.7 Å². The Kier molecular flexibility index (Phi) is 7.61. The molecule has 0 radical (unpaired) electrons. The van der Waals surface area contributed by atoms with Gasteiger partial charge in [0.15, 0.2) is 11.4 Å². The smallest absolute Gasteiger partial charge is 0.347 e. The van der Waals surface area contributed by atoms with Crippen molar-refractivity contribution in [1.29, 1.82) is 0 Å². The molecular formula is C20H24ClFN2O5. The van der Waals surface area contributed by atoms with E-state index in [9.17, 15) is 18.8 Å². The summed E-state index contributed by atoms with van der Waals surface area (Å²) in [5.74, 6) is -2.84. The average molecular weight is 427 g/mol. The summed E-state index contributed by atoms with van der Waals surface area (Å²) in [6.45, 7) is 6.31. The maximum absolute atomic E-state index is 14.5. The number of benzene rings is 1. The van der Waals surface area contributed by atoms with Crippen molar-refractivity contribution in [2.75, 3.05) is 23.4 Å². The fourth-order valence-corrected chi connectivity index (χ4v) is 2.92. The van der Waals surface area contributed by atoms with E-state index in [1.807, 2.05) is 0 Å². The number of rotatable bonds is 8. The number of amides is 1. The van der Waals surface area contributed by atoms with Crippen molar-refractivity contribution in [3.05, 3.63) is 34.2 Å². The lowest BCUT2D eigenvalue weighted by Crippen LogP contribution is -2.26. The molecule has 1 aliphatic carbocycles. The van der Waals surface area contributed by atoms with Gasteiger partial charge >= 0.3 is 11.9 Å². The minimum absolute atomic E-state index is 0.0146. The van der Waals surface area contributed by atoms with Crippen LogP contribution in [0.1, 0.15) is 39.2 Å². The Hall–Kier alpha value is -2.61. The van der Waals surface area contributed by atoms with Crippen LogP contribution in [0.4, 0.5) is 15.8 Å². The molecule has 29 heavy (non-hydrogen) atoms. The van der Waals surface area contributed by atoms with E-state index in [1.165, 1.54) is 19.2 Å². The zero-order valence-electron chi connectivity index (χ0n) is 16.8. The van der Waals surface area contributed by atoms with Crippen molar-refractivity contribution in [2.24, 2.45) is 0 Å². The predicted molar refractivity (Wildman–Crippen MR) is 107 cm³/mol. The van der Waals surface area contributed by atoms with Crippen molar-refractivity contribution >= 4 is 40.8 Å².